The van der Waals surface area contributed by atoms with E-state index in [0.717, 1.165) is 31.6 Å². The van der Waals surface area contributed by atoms with Crippen LogP contribution in [-0.2, 0) is 0 Å². The summed E-state index contributed by atoms with van der Waals surface area (Å²) >= 11 is 5.88. The molecule has 0 radical (unpaired) electrons. The Bertz CT molecular complexity index is 418. The van der Waals surface area contributed by atoms with E-state index in [0.29, 0.717) is 5.02 Å². The van der Waals surface area contributed by atoms with E-state index in [9.17, 15) is 4.79 Å². The molecule has 1 saturated heterocycles. The molecule has 1 aliphatic rings. The van der Waals surface area contributed by atoms with Gasteiger partial charge in [0.05, 0.1) is 0 Å². The third-order valence-electron chi connectivity index (χ3n) is 3.21. The molecule has 98 valence electrons. The van der Waals surface area contributed by atoms with Gasteiger partial charge in [-0.3, -0.25) is 0 Å². The quantitative estimate of drug-likeness (QED) is 0.865. The Morgan fingerprint density at radius 2 is 2.39 bits per heavy atom. The van der Waals surface area contributed by atoms with Crippen LogP contribution in [0.5, 0.6) is 0 Å². The number of anilines is 1. The molecule has 2 rings (SSSR count). The fourth-order valence-corrected chi connectivity index (χ4v) is 2.30. The van der Waals surface area contributed by atoms with Gasteiger partial charge in [-0.25, -0.2) is 4.79 Å². The zero-order valence-electron chi connectivity index (χ0n) is 10.4. The van der Waals surface area contributed by atoms with E-state index in [4.69, 9.17) is 11.6 Å². The van der Waals surface area contributed by atoms with E-state index in [2.05, 4.69) is 10.6 Å². The molecule has 1 aromatic carbocycles. The minimum atomic E-state index is -0.0917. The fraction of sp³-hybridized carbons (Fsp3) is 0.462. The molecule has 18 heavy (non-hydrogen) atoms. The lowest BCUT2D eigenvalue weighted by Crippen LogP contribution is -2.48. The molecule has 2 N–H and O–H groups in total. The van der Waals surface area contributed by atoms with Crippen molar-refractivity contribution in [3.8, 4) is 0 Å². The van der Waals surface area contributed by atoms with Crippen molar-refractivity contribution in [2.24, 2.45) is 0 Å². The van der Waals surface area contributed by atoms with Gasteiger partial charge >= 0.3 is 6.03 Å². The second kappa shape index (κ2) is 6.07. The maximum absolute atomic E-state index is 12.1. The molecule has 1 heterocycles. The summed E-state index contributed by atoms with van der Waals surface area (Å²) in [4.78, 5) is 13.8. The SMILES string of the molecule is CN(C(=O)Nc1cccc(Cl)c1)C1CCCNC1. The van der Waals surface area contributed by atoms with Crippen molar-refractivity contribution >= 4 is 23.3 Å². The Balaban J connectivity index is 1.94. The van der Waals surface area contributed by atoms with Crippen LogP contribution in [-0.4, -0.2) is 37.1 Å². The number of amides is 2. The van der Waals surface area contributed by atoms with Gasteiger partial charge in [0.25, 0.3) is 0 Å². The van der Waals surface area contributed by atoms with Crippen molar-refractivity contribution in [3.05, 3.63) is 29.3 Å². The molecular formula is C13H18ClN3O. The Hall–Kier alpha value is -1.26. The van der Waals surface area contributed by atoms with E-state index in [1.54, 1.807) is 17.0 Å². The third-order valence-corrected chi connectivity index (χ3v) is 3.45. The van der Waals surface area contributed by atoms with Crippen molar-refractivity contribution < 1.29 is 4.79 Å². The summed E-state index contributed by atoms with van der Waals surface area (Å²) < 4.78 is 0. The van der Waals surface area contributed by atoms with Crippen LogP contribution in [0.25, 0.3) is 0 Å². The molecule has 0 saturated carbocycles. The van der Waals surface area contributed by atoms with Crippen molar-refractivity contribution in [3.63, 3.8) is 0 Å². The van der Waals surface area contributed by atoms with Crippen LogP contribution in [0.3, 0.4) is 0 Å². The summed E-state index contributed by atoms with van der Waals surface area (Å²) in [6.45, 7) is 1.90. The number of carbonyl (C=O) groups excluding carboxylic acids is 1. The smallest absolute Gasteiger partial charge is 0.321 e. The highest BCUT2D eigenvalue weighted by atomic mass is 35.5. The highest BCUT2D eigenvalue weighted by molar-refractivity contribution is 6.30. The fourth-order valence-electron chi connectivity index (χ4n) is 2.11. The van der Waals surface area contributed by atoms with Gasteiger partial charge in [-0.15, -0.1) is 0 Å². The van der Waals surface area contributed by atoms with E-state index in [1.807, 2.05) is 19.2 Å². The van der Waals surface area contributed by atoms with E-state index in [1.165, 1.54) is 0 Å². The van der Waals surface area contributed by atoms with Crippen LogP contribution >= 0.6 is 11.6 Å². The average molecular weight is 268 g/mol. The lowest BCUT2D eigenvalue weighted by Gasteiger charge is -2.31. The molecule has 0 bridgehead atoms. The number of nitrogens with zero attached hydrogens (tertiary/aromatic N) is 1. The molecule has 0 aliphatic carbocycles. The Kier molecular flexibility index (Phi) is 4.44. The zero-order valence-corrected chi connectivity index (χ0v) is 11.2. The predicted octanol–water partition coefficient (Wildman–Crippen LogP) is 2.56. The van der Waals surface area contributed by atoms with Crippen molar-refractivity contribution in [2.45, 2.75) is 18.9 Å². The zero-order chi connectivity index (χ0) is 13.0. The van der Waals surface area contributed by atoms with E-state index >= 15 is 0 Å². The van der Waals surface area contributed by atoms with Gasteiger partial charge < -0.3 is 15.5 Å². The molecule has 1 unspecified atom stereocenters. The van der Waals surface area contributed by atoms with Crippen LogP contribution in [0.1, 0.15) is 12.8 Å². The first kappa shape index (κ1) is 13.2. The second-order valence-electron chi connectivity index (χ2n) is 4.55. The maximum Gasteiger partial charge on any atom is 0.321 e. The molecule has 1 aromatic rings. The van der Waals surface area contributed by atoms with Gasteiger partial charge in [0.1, 0.15) is 0 Å². The molecule has 0 aromatic heterocycles. The summed E-state index contributed by atoms with van der Waals surface area (Å²) in [6.07, 6.45) is 2.16. The minimum Gasteiger partial charge on any atom is -0.323 e. The number of rotatable bonds is 2. The first-order chi connectivity index (χ1) is 8.66. The number of urea groups is 1. The van der Waals surface area contributed by atoms with Crippen LogP contribution in [0.15, 0.2) is 24.3 Å². The maximum atomic E-state index is 12.1. The Morgan fingerprint density at radius 1 is 1.56 bits per heavy atom. The highest BCUT2D eigenvalue weighted by Crippen LogP contribution is 2.16. The number of carbonyl (C=O) groups is 1. The number of hydrogen-bond donors (Lipinski definition) is 2. The van der Waals surface area contributed by atoms with Gasteiger partial charge in [-0.2, -0.15) is 0 Å². The third kappa shape index (κ3) is 3.37. The van der Waals surface area contributed by atoms with Gasteiger partial charge in [0.15, 0.2) is 0 Å². The summed E-state index contributed by atoms with van der Waals surface area (Å²) in [6, 6.07) is 7.35. The molecule has 5 heteroatoms. The number of benzene rings is 1. The number of piperidine rings is 1. The van der Waals surface area contributed by atoms with Gasteiger partial charge in [0.2, 0.25) is 0 Å². The Morgan fingerprint density at radius 3 is 3.06 bits per heavy atom. The lowest BCUT2D eigenvalue weighted by atomic mass is 10.1. The van der Waals surface area contributed by atoms with E-state index in [-0.39, 0.29) is 12.1 Å². The second-order valence-corrected chi connectivity index (χ2v) is 4.99. The van der Waals surface area contributed by atoms with Crippen molar-refractivity contribution in [1.82, 2.24) is 10.2 Å². The summed E-state index contributed by atoms with van der Waals surface area (Å²) in [5.41, 5.74) is 0.725. The summed E-state index contributed by atoms with van der Waals surface area (Å²) in [5, 5.41) is 6.78. The minimum absolute atomic E-state index is 0.0917. The molecule has 1 atom stereocenters. The van der Waals surface area contributed by atoms with Crippen LogP contribution < -0.4 is 10.6 Å². The van der Waals surface area contributed by atoms with Crippen molar-refractivity contribution in [2.75, 3.05) is 25.5 Å². The van der Waals surface area contributed by atoms with Gasteiger partial charge in [-0.1, -0.05) is 17.7 Å². The van der Waals surface area contributed by atoms with Crippen LogP contribution in [0.4, 0.5) is 10.5 Å². The molecule has 1 fully saturated rings. The topological polar surface area (TPSA) is 44.4 Å². The molecular weight excluding hydrogens is 250 g/mol. The number of nitrogens with one attached hydrogen (secondary N) is 2. The van der Waals surface area contributed by atoms with Crippen molar-refractivity contribution in [1.29, 1.82) is 0 Å². The standard InChI is InChI=1S/C13H18ClN3O/c1-17(12-6-3-7-15-9-12)13(18)16-11-5-2-4-10(14)8-11/h2,4-5,8,12,15H,3,6-7,9H2,1H3,(H,16,18). The van der Waals surface area contributed by atoms with Crippen LogP contribution in [0.2, 0.25) is 5.02 Å². The Labute approximate surface area is 112 Å². The molecule has 4 nitrogen and oxygen atoms in total. The normalized spacial score (nSPS) is 19.3. The van der Waals surface area contributed by atoms with Gasteiger partial charge in [-0.05, 0) is 37.6 Å². The average Bonchev–Trinajstić information content (AvgIpc) is 2.39. The monoisotopic (exact) mass is 267 g/mol. The first-order valence-electron chi connectivity index (χ1n) is 6.17. The predicted molar refractivity (Wildman–Crippen MR) is 74.1 cm³/mol. The number of halogens is 1. The highest BCUT2D eigenvalue weighted by Gasteiger charge is 2.21. The molecule has 0 spiro atoms. The largest absolute Gasteiger partial charge is 0.323 e. The summed E-state index contributed by atoms with van der Waals surface area (Å²) in [5.74, 6) is 0. The number of likely N-dealkylation sites (N-methyl/N-ethyl adjacent to an activating group) is 1. The van der Waals surface area contributed by atoms with E-state index < -0.39 is 0 Å². The first-order valence-corrected chi connectivity index (χ1v) is 6.55. The summed E-state index contributed by atoms with van der Waals surface area (Å²) in [7, 11) is 1.83. The van der Waals surface area contributed by atoms with Gasteiger partial charge in [0, 0.05) is 30.3 Å². The number of hydrogen-bond acceptors (Lipinski definition) is 2. The lowest BCUT2D eigenvalue weighted by molar-refractivity contribution is 0.191. The molecule has 1 aliphatic heterocycles. The van der Waals surface area contributed by atoms with Crippen LogP contribution in [0, 0.1) is 0 Å². The molecule has 2 amide bonds.